The fourth-order valence-electron chi connectivity index (χ4n) is 2.20. The van der Waals surface area contributed by atoms with Gasteiger partial charge in [0.2, 0.25) is 0 Å². The summed E-state index contributed by atoms with van der Waals surface area (Å²) >= 11 is 0. The molecular weight excluding hydrogens is 296 g/mol. The Balaban J connectivity index is 2.07. The minimum Gasteiger partial charge on any atom is -0.508 e. The minimum atomic E-state index is -0.479. The van der Waals surface area contributed by atoms with Crippen LogP contribution in [-0.4, -0.2) is 31.1 Å². The van der Waals surface area contributed by atoms with E-state index in [9.17, 15) is 14.7 Å². The van der Waals surface area contributed by atoms with Crippen molar-refractivity contribution < 1.29 is 24.2 Å². The van der Waals surface area contributed by atoms with Crippen LogP contribution in [0.4, 0.5) is 0 Å². The van der Waals surface area contributed by atoms with E-state index in [2.05, 4.69) is 4.74 Å². The Bertz CT molecular complexity index is 704. The van der Waals surface area contributed by atoms with Crippen molar-refractivity contribution >= 4 is 11.8 Å². The van der Waals surface area contributed by atoms with Gasteiger partial charge in [0.1, 0.15) is 11.5 Å². The molecule has 0 aliphatic rings. The van der Waals surface area contributed by atoms with E-state index in [0.29, 0.717) is 28.9 Å². The van der Waals surface area contributed by atoms with Crippen molar-refractivity contribution in [3.8, 4) is 11.5 Å². The summed E-state index contributed by atoms with van der Waals surface area (Å²) in [7, 11) is 2.86. The summed E-state index contributed by atoms with van der Waals surface area (Å²) in [4.78, 5) is 23.7. The molecule has 2 aromatic rings. The van der Waals surface area contributed by atoms with Gasteiger partial charge >= 0.3 is 5.97 Å². The SMILES string of the molecule is COC(=O)c1ccc(O)c(CCC(=O)c2ccc(OC)cc2)c1. The van der Waals surface area contributed by atoms with Gasteiger partial charge < -0.3 is 14.6 Å². The van der Waals surface area contributed by atoms with Crippen LogP contribution in [0.3, 0.4) is 0 Å². The van der Waals surface area contributed by atoms with E-state index in [4.69, 9.17) is 4.74 Å². The Morgan fingerprint density at radius 3 is 2.26 bits per heavy atom. The predicted octanol–water partition coefficient (Wildman–Crippen LogP) is 3.00. The third-order valence-corrected chi connectivity index (χ3v) is 3.53. The van der Waals surface area contributed by atoms with E-state index in [1.54, 1.807) is 37.4 Å². The molecule has 1 N–H and O–H groups in total. The van der Waals surface area contributed by atoms with Crippen LogP contribution in [0.2, 0.25) is 0 Å². The Morgan fingerprint density at radius 2 is 1.65 bits per heavy atom. The summed E-state index contributed by atoms with van der Waals surface area (Å²) in [6.07, 6.45) is 0.562. The number of aromatic hydroxyl groups is 1. The van der Waals surface area contributed by atoms with Gasteiger partial charge in [-0.25, -0.2) is 4.79 Å². The van der Waals surface area contributed by atoms with E-state index < -0.39 is 5.97 Å². The molecule has 0 aromatic heterocycles. The van der Waals surface area contributed by atoms with Crippen molar-refractivity contribution in [3.63, 3.8) is 0 Å². The Labute approximate surface area is 134 Å². The number of carbonyl (C=O) groups excluding carboxylic acids is 2. The number of phenols is 1. The molecular formula is C18H18O5. The zero-order valence-corrected chi connectivity index (χ0v) is 13.0. The lowest BCUT2D eigenvalue weighted by molar-refractivity contribution is 0.0600. The number of ketones is 1. The maximum absolute atomic E-state index is 12.2. The van der Waals surface area contributed by atoms with Crippen LogP contribution in [0.15, 0.2) is 42.5 Å². The molecule has 5 heteroatoms. The van der Waals surface area contributed by atoms with Gasteiger partial charge in [-0.2, -0.15) is 0 Å². The molecule has 0 unspecified atom stereocenters. The predicted molar refractivity (Wildman–Crippen MR) is 85.1 cm³/mol. The Hall–Kier alpha value is -2.82. The smallest absolute Gasteiger partial charge is 0.337 e. The summed E-state index contributed by atoms with van der Waals surface area (Å²) in [6, 6.07) is 11.3. The number of ether oxygens (including phenoxy) is 2. The largest absolute Gasteiger partial charge is 0.508 e. The van der Waals surface area contributed by atoms with E-state index in [-0.39, 0.29) is 18.0 Å². The number of aryl methyl sites for hydroxylation is 1. The molecule has 0 fully saturated rings. The molecule has 0 aliphatic heterocycles. The van der Waals surface area contributed by atoms with Crippen LogP contribution in [-0.2, 0) is 11.2 Å². The molecule has 0 bridgehead atoms. The van der Waals surface area contributed by atoms with Crippen molar-refractivity contribution in [1.29, 1.82) is 0 Å². The van der Waals surface area contributed by atoms with Crippen LogP contribution < -0.4 is 4.74 Å². The number of benzene rings is 2. The number of phenolic OH excluding ortho intramolecular Hbond substituents is 1. The highest BCUT2D eigenvalue weighted by molar-refractivity contribution is 5.96. The van der Waals surface area contributed by atoms with Gasteiger partial charge in [-0.1, -0.05) is 0 Å². The molecule has 0 aliphatic carbocycles. The number of hydrogen-bond acceptors (Lipinski definition) is 5. The zero-order chi connectivity index (χ0) is 16.8. The fourth-order valence-corrected chi connectivity index (χ4v) is 2.20. The Kier molecular flexibility index (Phi) is 5.36. The molecule has 120 valence electrons. The first-order valence-electron chi connectivity index (χ1n) is 7.12. The van der Waals surface area contributed by atoms with E-state index in [0.717, 1.165) is 0 Å². The van der Waals surface area contributed by atoms with Crippen LogP contribution in [0.1, 0.15) is 32.7 Å². The minimum absolute atomic E-state index is 0.0458. The Morgan fingerprint density at radius 1 is 1.00 bits per heavy atom. The molecule has 0 saturated carbocycles. The molecule has 23 heavy (non-hydrogen) atoms. The van der Waals surface area contributed by atoms with Gasteiger partial charge in [-0.15, -0.1) is 0 Å². The van der Waals surface area contributed by atoms with E-state index >= 15 is 0 Å². The second kappa shape index (κ2) is 7.45. The lowest BCUT2D eigenvalue weighted by Gasteiger charge is -2.07. The summed E-state index contributed by atoms with van der Waals surface area (Å²) in [5.41, 5.74) is 1.46. The summed E-state index contributed by atoms with van der Waals surface area (Å²) in [5.74, 6) is 0.216. The highest BCUT2D eigenvalue weighted by Gasteiger charge is 2.12. The standard InChI is InChI=1S/C18H18O5/c1-22-15-7-3-12(4-8-15)16(19)9-5-13-11-14(18(21)23-2)6-10-17(13)20/h3-4,6-8,10-11,20H,5,9H2,1-2H3. The number of Topliss-reactive ketones (excluding diaryl/α,β-unsaturated/α-hetero) is 1. The van der Waals surface area contributed by atoms with Gasteiger partial charge in [0.25, 0.3) is 0 Å². The van der Waals surface area contributed by atoms with Crippen molar-refractivity contribution in [1.82, 2.24) is 0 Å². The quantitative estimate of drug-likeness (QED) is 0.655. The molecule has 0 amide bonds. The summed E-state index contributed by atoms with van der Waals surface area (Å²) in [6.45, 7) is 0. The van der Waals surface area contributed by atoms with Gasteiger partial charge in [-0.05, 0) is 54.4 Å². The first-order valence-corrected chi connectivity index (χ1v) is 7.12. The zero-order valence-electron chi connectivity index (χ0n) is 13.0. The van der Waals surface area contributed by atoms with E-state index in [1.807, 2.05) is 0 Å². The molecule has 5 nitrogen and oxygen atoms in total. The maximum Gasteiger partial charge on any atom is 0.337 e. The lowest BCUT2D eigenvalue weighted by Crippen LogP contribution is -2.04. The lowest BCUT2D eigenvalue weighted by atomic mass is 10.0. The molecule has 0 saturated heterocycles. The second-order valence-corrected chi connectivity index (χ2v) is 4.99. The number of hydrogen-bond donors (Lipinski definition) is 1. The summed E-state index contributed by atoms with van der Waals surface area (Å²) < 4.78 is 9.70. The first kappa shape index (κ1) is 16.5. The van der Waals surface area contributed by atoms with E-state index in [1.165, 1.54) is 19.2 Å². The molecule has 0 heterocycles. The van der Waals surface area contributed by atoms with Gasteiger partial charge in [0, 0.05) is 12.0 Å². The molecule has 0 radical (unpaired) electrons. The van der Waals surface area contributed by atoms with Crippen molar-refractivity contribution in [2.75, 3.05) is 14.2 Å². The average molecular weight is 314 g/mol. The van der Waals surface area contributed by atoms with Crippen LogP contribution >= 0.6 is 0 Å². The van der Waals surface area contributed by atoms with Gasteiger partial charge in [0.05, 0.1) is 19.8 Å². The molecule has 0 spiro atoms. The van der Waals surface area contributed by atoms with Crippen molar-refractivity contribution in [2.45, 2.75) is 12.8 Å². The maximum atomic E-state index is 12.2. The van der Waals surface area contributed by atoms with Crippen LogP contribution in [0.5, 0.6) is 11.5 Å². The van der Waals surface area contributed by atoms with Crippen molar-refractivity contribution in [2.24, 2.45) is 0 Å². The molecule has 2 aromatic carbocycles. The molecule has 2 rings (SSSR count). The monoisotopic (exact) mass is 314 g/mol. The van der Waals surface area contributed by atoms with Crippen LogP contribution in [0, 0.1) is 0 Å². The van der Waals surface area contributed by atoms with Gasteiger partial charge in [0.15, 0.2) is 5.78 Å². The van der Waals surface area contributed by atoms with Gasteiger partial charge in [-0.3, -0.25) is 4.79 Å². The summed E-state index contributed by atoms with van der Waals surface area (Å²) in [5, 5.41) is 9.86. The first-order chi connectivity index (χ1) is 11.0. The average Bonchev–Trinajstić information content (AvgIpc) is 2.60. The second-order valence-electron chi connectivity index (χ2n) is 4.99. The number of esters is 1. The normalized spacial score (nSPS) is 10.2. The highest BCUT2D eigenvalue weighted by atomic mass is 16.5. The fraction of sp³-hybridized carbons (Fsp3) is 0.222. The number of rotatable bonds is 6. The number of methoxy groups -OCH3 is 2. The van der Waals surface area contributed by atoms with Crippen molar-refractivity contribution in [3.05, 3.63) is 59.2 Å². The third kappa shape index (κ3) is 4.10. The topological polar surface area (TPSA) is 72.8 Å². The van der Waals surface area contributed by atoms with Crippen LogP contribution in [0.25, 0.3) is 0 Å². The number of carbonyl (C=O) groups is 2. The third-order valence-electron chi connectivity index (χ3n) is 3.53. The highest BCUT2D eigenvalue weighted by Crippen LogP contribution is 2.22. The molecule has 0 atom stereocenters.